The summed E-state index contributed by atoms with van der Waals surface area (Å²) in [6.45, 7) is 7.56. The van der Waals surface area contributed by atoms with Crippen molar-refractivity contribution in [2.24, 2.45) is 7.05 Å². The van der Waals surface area contributed by atoms with Gasteiger partial charge in [-0.05, 0) is 46.5 Å². The molecular weight excluding hydrogens is 470 g/mol. The van der Waals surface area contributed by atoms with Crippen LogP contribution in [0.3, 0.4) is 0 Å². The molecule has 0 aliphatic heterocycles. The molecule has 5 aromatic rings. The molecule has 5 aromatic heterocycles. The van der Waals surface area contributed by atoms with E-state index in [4.69, 9.17) is 19.9 Å². The molecule has 0 aromatic carbocycles. The lowest BCUT2D eigenvalue weighted by atomic mass is 10.1. The van der Waals surface area contributed by atoms with Crippen molar-refractivity contribution in [3.05, 3.63) is 48.8 Å². The van der Waals surface area contributed by atoms with Crippen molar-refractivity contribution in [3.8, 4) is 28.8 Å². The van der Waals surface area contributed by atoms with Gasteiger partial charge in [0.05, 0.1) is 5.69 Å². The molecule has 0 saturated carbocycles. The maximum Gasteiger partial charge on any atom is 0.218 e. The second kappa shape index (κ2) is 9.97. The zero-order valence-corrected chi connectivity index (χ0v) is 21.9. The highest BCUT2D eigenvalue weighted by Crippen LogP contribution is 2.32. The average molecular weight is 502 g/mol. The molecule has 0 atom stereocenters. The lowest BCUT2D eigenvalue weighted by Gasteiger charge is -2.12. The summed E-state index contributed by atoms with van der Waals surface area (Å²) in [4.78, 5) is 20.0. The highest BCUT2D eigenvalue weighted by atomic mass is 16.5. The number of anilines is 2. The Kier molecular flexibility index (Phi) is 6.57. The van der Waals surface area contributed by atoms with Crippen molar-refractivity contribution >= 4 is 17.2 Å². The fourth-order valence-electron chi connectivity index (χ4n) is 3.96. The van der Waals surface area contributed by atoms with E-state index in [-0.39, 0.29) is 6.04 Å². The quantitative estimate of drug-likeness (QED) is 0.324. The van der Waals surface area contributed by atoms with Gasteiger partial charge in [0.2, 0.25) is 11.7 Å². The number of hydrogen-bond acceptors (Lipinski definition) is 9. The average Bonchev–Trinajstić information content (AvgIpc) is 3.58. The Bertz CT molecular complexity index is 1530. The monoisotopic (exact) mass is 501 g/mol. The Labute approximate surface area is 215 Å². The predicted molar refractivity (Wildman–Crippen MR) is 141 cm³/mol. The number of ether oxygens (including phenoxy) is 1. The van der Waals surface area contributed by atoms with Gasteiger partial charge >= 0.3 is 0 Å². The zero-order valence-electron chi connectivity index (χ0n) is 21.9. The number of likely N-dealkylation sites (N-methyl/N-ethyl adjacent to an activating group) is 1. The molecule has 0 radical (unpaired) electrons. The van der Waals surface area contributed by atoms with E-state index in [0.717, 1.165) is 28.9 Å². The number of imidazole rings is 1. The third kappa shape index (κ3) is 5.00. The molecule has 0 saturated heterocycles. The normalized spacial score (nSPS) is 11.7. The van der Waals surface area contributed by atoms with Crippen LogP contribution in [0.4, 0.5) is 11.6 Å². The van der Waals surface area contributed by atoms with E-state index in [1.165, 1.54) is 6.33 Å². The first-order chi connectivity index (χ1) is 17.8. The van der Waals surface area contributed by atoms with Gasteiger partial charge < -0.3 is 19.5 Å². The van der Waals surface area contributed by atoms with Crippen LogP contribution in [-0.2, 0) is 7.05 Å². The molecule has 12 heteroatoms. The maximum atomic E-state index is 5.79. The van der Waals surface area contributed by atoms with Gasteiger partial charge in [-0.15, -0.1) is 5.10 Å². The number of fused-ring (bicyclic) bond motifs is 1. The van der Waals surface area contributed by atoms with Gasteiger partial charge in [-0.1, -0.05) is 0 Å². The SMILES string of the molecule is Cc1c(-c2ccn(C(C)C)n2)cn2nc(-c3nccn3C)nc(Nc3cc(OCCN(C)C)ncn3)c12. The minimum atomic E-state index is 0.269. The fraction of sp³-hybridized carbons (Fsp3) is 0.360. The first-order valence-electron chi connectivity index (χ1n) is 12.1. The predicted octanol–water partition coefficient (Wildman–Crippen LogP) is 3.36. The van der Waals surface area contributed by atoms with E-state index in [1.807, 2.05) is 71.4 Å². The van der Waals surface area contributed by atoms with Crippen molar-refractivity contribution in [2.75, 3.05) is 32.6 Å². The standard InChI is InChI=1S/C25H31N11O/c1-16(2)35-9-7-19(31-35)18-14-36-22(17(18)3)23(30-24(32-36)25-26-8-10-34(25)6)29-20-13-21(28-15-27-20)37-12-11-33(4)5/h7-10,13-16H,11-12H2,1-6H3,(H,27,28,29,30,32). The van der Waals surface area contributed by atoms with Crippen LogP contribution in [0.15, 0.2) is 43.2 Å². The Morgan fingerprint density at radius 1 is 1.11 bits per heavy atom. The number of aromatic nitrogens is 9. The van der Waals surface area contributed by atoms with Crippen LogP contribution >= 0.6 is 0 Å². The number of hydrogen-bond donors (Lipinski definition) is 1. The molecule has 0 amide bonds. The summed E-state index contributed by atoms with van der Waals surface area (Å²) in [5.41, 5.74) is 3.67. The summed E-state index contributed by atoms with van der Waals surface area (Å²) >= 11 is 0. The molecular formula is C25H31N11O. The third-order valence-electron chi connectivity index (χ3n) is 6.00. The summed E-state index contributed by atoms with van der Waals surface area (Å²) in [5, 5.41) is 12.9. The third-order valence-corrected chi connectivity index (χ3v) is 6.00. The first kappa shape index (κ1) is 24.4. The van der Waals surface area contributed by atoms with Crippen LogP contribution in [0.2, 0.25) is 0 Å². The van der Waals surface area contributed by atoms with E-state index in [9.17, 15) is 0 Å². The summed E-state index contributed by atoms with van der Waals surface area (Å²) in [6.07, 6.45) is 9.03. The summed E-state index contributed by atoms with van der Waals surface area (Å²) in [6, 6.07) is 4.05. The van der Waals surface area contributed by atoms with Crippen molar-refractivity contribution in [1.29, 1.82) is 0 Å². The van der Waals surface area contributed by atoms with Gasteiger partial charge in [0.15, 0.2) is 11.6 Å². The maximum absolute atomic E-state index is 5.79. The Morgan fingerprint density at radius 3 is 2.65 bits per heavy atom. The molecule has 0 aliphatic carbocycles. The van der Waals surface area contributed by atoms with E-state index in [2.05, 4.69) is 34.1 Å². The zero-order chi connectivity index (χ0) is 26.1. The summed E-state index contributed by atoms with van der Waals surface area (Å²) in [7, 11) is 5.91. The largest absolute Gasteiger partial charge is 0.476 e. The number of nitrogens with one attached hydrogen (secondary N) is 1. The molecule has 192 valence electrons. The van der Waals surface area contributed by atoms with Crippen LogP contribution in [0.25, 0.3) is 28.4 Å². The molecule has 12 nitrogen and oxygen atoms in total. The van der Waals surface area contributed by atoms with Crippen LogP contribution in [0.1, 0.15) is 25.5 Å². The van der Waals surface area contributed by atoms with Crippen LogP contribution in [-0.4, -0.2) is 76.0 Å². The van der Waals surface area contributed by atoms with E-state index >= 15 is 0 Å². The highest BCUT2D eigenvalue weighted by Gasteiger charge is 2.20. The molecule has 5 rings (SSSR count). The fourth-order valence-corrected chi connectivity index (χ4v) is 3.96. The lowest BCUT2D eigenvalue weighted by molar-refractivity contribution is 0.253. The molecule has 0 aliphatic rings. The summed E-state index contributed by atoms with van der Waals surface area (Å²) < 4.78 is 11.4. The molecule has 37 heavy (non-hydrogen) atoms. The first-order valence-corrected chi connectivity index (χ1v) is 12.1. The number of nitrogens with zero attached hydrogens (tertiary/aromatic N) is 10. The van der Waals surface area contributed by atoms with Crippen LogP contribution in [0.5, 0.6) is 5.88 Å². The van der Waals surface area contributed by atoms with Crippen LogP contribution in [0, 0.1) is 6.92 Å². The highest BCUT2D eigenvalue weighted by molar-refractivity contribution is 5.84. The summed E-state index contributed by atoms with van der Waals surface area (Å²) in [5.74, 6) is 2.77. The molecule has 0 spiro atoms. The second-order valence-electron chi connectivity index (χ2n) is 9.40. The van der Waals surface area contributed by atoms with Gasteiger partial charge in [0, 0.05) is 56.1 Å². The van der Waals surface area contributed by atoms with Crippen LogP contribution < -0.4 is 10.1 Å². The smallest absolute Gasteiger partial charge is 0.218 e. The van der Waals surface area contributed by atoms with E-state index in [1.54, 1.807) is 12.3 Å². The molecule has 0 bridgehead atoms. The van der Waals surface area contributed by atoms with Gasteiger partial charge in [0.25, 0.3) is 0 Å². The molecule has 0 unspecified atom stereocenters. The molecule has 0 fully saturated rings. The van der Waals surface area contributed by atoms with Gasteiger partial charge in [-0.3, -0.25) is 4.68 Å². The minimum Gasteiger partial charge on any atom is -0.476 e. The van der Waals surface area contributed by atoms with Crippen molar-refractivity contribution in [1.82, 2.24) is 48.8 Å². The lowest BCUT2D eigenvalue weighted by Crippen LogP contribution is -2.19. The molecule has 5 heterocycles. The van der Waals surface area contributed by atoms with Crippen molar-refractivity contribution < 1.29 is 4.74 Å². The number of rotatable bonds is 9. The van der Waals surface area contributed by atoms with E-state index < -0.39 is 0 Å². The Balaban J connectivity index is 1.58. The Morgan fingerprint density at radius 2 is 1.95 bits per heavy atom. The second-order valence-corrected chi connectivity index (χ2v) is 9.40. The topological polar surface area (TPSA) is 116 Å². The van der Waals surface area contributed by atoms with Gasteiger partial charge in [-0.2, -0.15) is 5.10 Å². The Hall–Kier alpha value is -4.32. The van der Waals surface area contributed by atoms with Gasteiger partial charge in [-0.25, -0.2) is 24.5 Å². The van der Waals surface area contributed by atoms with E-state index in [0.29, 0.717) is 35.8 Å². The minimum absolute atomic E-state index is 0.269. The van der Waals surface area contributed by atoms with Gasteiger partial charge in [0.1, 0.15) is 24.3 Å². The molecule has 1 N–H and O–H groups in total. The number of aryl methyl sites for hydroxylation is 2. The van der Waals surface area contributed by atoms with Crippen molar-refractivity contribution in [2.45, 2.75) is 26.8 Å². The van der Waals surface area contributed by atoms with Crippen molar-refractivity contribution in [3.63, 3.8) is 0 Å².